The zero-order chi connectivity index (χ0) is 16.4. The molecule has 0 radical (unpaired) electrons. The van der Waals surface area contributed by atoms with Crippen LogP contribution in [0.1, 0.15) is 5.56 Å². The van der Waals surface area contributed by atoms with Crippen LogP contribution >= 0.6 is 11.8 Å². The molecule has 2 amide bonds. The first kappa shape index (κ1) is 15.4. The summed E-state index contributed by atoms with van der Waals surface area (Å²) in [5.41, 5.74) is 0.664. The smallest absolute Gasteiger partial charge is 0.358 e. The molecular formula is C15H14N2O5S. The normalized spacial score (nSPS) is 23.0. The van der Waals surface area contributed by atoms with Crippen molar-refractivity contribution in [1.82, 2.24) is 10.2 Å². The molecule has 2 aliphatic heterocycles. The van der Waals surface area contributed by atoms with Gasteiger partial charge in [0.25, 0.3) is 5.91 Å². The minimum Gasteiger partial charge on any atom is -0.509 e. The Bertz CT molecular complexity index is 676. The fourth-order valence-corrected chi connectivity index (χ4v) is 3.69. The van der Waals surface area contributed by atoms with Crippen molar-refractivity contribution in [3.63, 3.8) is 0 Å². The Morgan fingerprint density at radius 3 is 2.87 bits per heavy atom. The monoisotopic (exact) mass is 334 g/mol. The molecule has 2 heterocycles. The molecule has 2 N–H and O–H groups in total. The van der Waals surface area contributed by atoms with E-state index >= 15 is 0 Å². The first-order valence-electron chi connectivity index (χ1n) is 6.91. The van der Waals surface area contributed by atoms with E-state index in [9.17, 15) is 19.5 Å². The lowest BCUT2D eigenvalue weighted by Crippen LogP contribution is -2.69. The molecule has 1 aromatic carbocycles. The molecule has 0 aliphatic carbocycles. The Kier molecular flexibility index (Phi) is 4.24. The SMILES string of the molecule is O=CNC1C(=O)N2C(C(=O)OCc3ccccc3)=C(O)CS[C@H]12. The van der Waals surface area contributed by atoms with Crippen LogP contribution in [-0.2, 0) is 25.7 Å². The number of β-lactam (4-membered cyclic amide) rings is 1. The Labute approximate surface area is 136 Å². The number of fused-ring (bicyclic) bond motifs is 1. The van der Waals surface area contributed by atoms with E-state index in [1.165, 1.54) is 16.7 Å². The highest BCUT2D eigenvalue weighted by atomic mass is 32.2. The molecule has 1 saturated heterocycles. The number of esters is 1. The van der Waals surface area contributed by atoms with Crippen molar-refractivity contribution in [2.45, 2.75) is 18.0 Å². The van der Waals surface area contributed by atoms with Gasteiger partial charge in [-0.15, -0.1) is 11.8 Å². The van der Waals surface area contributed by atoms with Gasteiger partial charge in [0.2, 0.25) is 6.41 Å². The first-order valence-corrected chi connectivity index (χ1v) is 7.96. The highest BCUT2D eigenvalue weighted by molar-refractivity contribution is 8.00. The zero-order valence-corrected chi connectivity index (χ0v) is 12.8. The molecule has 0 aromatic heterocycles. The van der Waals surface area contributed by atoms with Crippen LogP contribution in [0.25, 0.3) is 0 Å². The van der Waals surface area contributed by atoms with E-state index in [4.69, 9.17) is 4.74 Å². The summed E-state index contributed by atoms with van der Waals surface area (Å²) in [5, 5.41) is 12.0. The zero-order valence-electron chi connectivity index (χ0n) is 12.0. The van der Waals surface area contributed by atoms with Crippen molar-refractivity contribution in [3.05, 3.63) is 47.4 Å². The molecule has 2 atom stereocenters. The summed E-state index contributed by atoms with van der Waals surface area (Å²) in [6.45, 7) is 0.0479. The van der Waals surface area contributed by atoms with Crippen LogP contribution in [0.5, 0.6) is 0 Å². The number of thioether (sulfide) groups is 1. The van der Waals surface area contributed by atoms with E-state index in [0.29, 0.717) is 6.41 Å². The van der Waals surface area contributed by atoms with Crippen LogP contribution in [-0.4, -0.2) is 45.5 Å². The second kappa shape index (κ2) is 6.33. The molecule has 0 bridgehead atoms. The molecule has 23 heavy (non-hydrogen) atoms. The van der Waals surface area contributed by atoms with Crippen LogP contribution in [0, 0.1) is 0 Å². The van der Waals surface area contributed by atoms with Gasteiger partial charge in [0.15, 0.2) is 5.70 Å². The highest BCUT2D eigenvalue weighted by Gasteiger charge is 2.54. The van der Waals surface area contributed by atoms with Crippen molar-refractivity contribution >= 4 is 30.0 Å². The number of benzene rings is 1. The third-order valence-electron chi connectivity index (χ3n) is 3.60. The Hall–Kier alpha value is -2.48. The number of hydrogen-bond donors (Lipinski definition) is 2. The van der Waals surface area contributed by atoms with Gasteiger partial charge in [-0.25, -0.2) is 4.79 Å². The minimum absolute atomic E-state index is 0.0479. The Morgan fingerprint density at radius 1 is 1.43 bits per heavy atom. The minimum atomic E-state index is -0.755. The molecule has 120 valence electrons. The summed E-state index contributed by atoms with van der Waals surface area (Å²) in [4.78, 5) is 36.0. The van der Waals surface area contributed by atoms with Gasteiger partial charge in [-0.3, -0.25) is 14.5 Å². The van der Waals surface area contributed by atoms with Gasteiger partial charge < -0.3 is 15.2 Å². The van der Waals surface area contributed by atoms with E-state index in [-0.39, 0.29) is 23.8 Å². The van der Waals surface area contributed by atoms with Gasteiger partial charge >= 0.3 is 5.97 Å². The van der Waals surface area contributed by atoms with Gasteiger partial charge in [0.05, 0.1) is 5.75 Å². The van der Waals surface area contributed by atoms with Gasteiger partial charge in [-0.05, 0) is 5.56 Å². The number of aliphatic hydroxyl groups excluding tert-OH is 1. The maximum absolute atomic E-state index is 12.2. The fraction of sp³-hybridized carbons (Fsp3) is 0.267. The number of nitrogens with one attached hydrogen (secondary N) is 1. The second-order valence-corrected chi connectivity index (χ2v) is 6.13. The van der Waals surface area contributed by atoms with Crippen molar-refractivity contribution < 1.29 is 24.2 Å². The number of amides is 2. The number of aliphatic hydroxyl groups is 1. The van der Waals surface area contributed by atoms with Gasteiger partial charge in [-0.1, -0.05) is 30.3 Å². The third kappa shape index (κ3) is 2.77. The standard InChI is InChI=1S/C15H14N2O5S/c18-8-16-11-13(20)17-12(10(19)7-23-14(11)17)15(21)22-6-9-4-2-1-3-5-9/h1-5,8,11,14,19H,6-7H2,(H,16,18)/t11?,14-/m1/s1. The van der Waals surface area contributed by atoms with E-state index in [1.54, 1.807) is 12.1 Å². The molecule has 7 nitrogen and oxygen atoms in total. The van der Waals surface area contributed by atoms with Crippen LogP contribution < -0.4 is 5.32 Å². The largest absolute Gasteiger partial charge is 0.509 e. The summed E-state index contributed by atoms with van der Waals surface area (Å²) in [5.74, 6) is -1.20. The number of hydrogen-bond acceptors (Lipinski definition) is 6. The average Bonchev–Trinajstić information content (AvgIpc) is 2.58. The van der Waals surface area contributed by atoms with E-state index in [1.807, 2.05) is 18.2 Å². The molecule has 1 unspecified atom stereocenters. The molecule has 0 spiro atoms. The lowest BCUT2D eigenvalue weighted by atomic mass is 10.1. The van der Waals surface area contributed by atoms with Crippen LogP contribution in [0.4, 0.5) is 0 Å². The number of ether oxygens (including phenoxy) is 1. The van der Waals surface area contributed by atoms with Crippen LogP contribution in [0.15, 0.2) is 41.8 Å². The van der Waals surface area contributed by atoms with Crippen molar-refractivity contribution in [2.24, 2.45) is 0 Å². The Balaban J connectivity index is 1.71. The molecule has 3 rings (SSSR count). The topological polar surface area (TPSA) is 95.9 Å². The molecule has 1 aromatic rings. The number of carbonyl (C=O) groups is 3. The maximum Gasteiger partial charge on any atom is 0.358 e. The second-order valence-electron chi connectivity index (χ2n) is 5.03. The lowest BCUT2D eigenvalue weighted by molar-refractivity contribution is -0.153. The van der Waals surface area contributed by atoms with Crippen LogP contribution in [0.3, 0.4) is 0 Å². The van der Waals surface area contributed by atoms with Crippen molar-refractivity contribution in [2.75, 3.05) is 5.75 Å². The van der Waals surface area contributed by atoms with Crippen molar-refractivity contribution in [3.8, 4) is 0 Å². The molecule has 1 fully saturated rings. The molecule has 2 aliphatic rings. The summed E-state index contributed by atoms with van der Waals surface area (Å²) in [6.07, 6.45) is 0.450. The van der Waals surface area contributed by atoms with E-state index < -0.39 is 23.3 Å². The van der Waals surface area contributed by atoms with E-state index in [2.05, 4.69) is 5.32 Å². The van der Waals surface area contributed by atoms with Crippen molar-refractivity contribution in [1.29, 1.82) is 0 Å². The van der Waals surface area contributed by atoms with E-state index in [0.717, 1.165) is 5.56 Å². The Morgan fingerprint density at radius 2 is 2.17 bits per heavy atom. The number of carbonyl (C=O) groups excluding carboxylic acids is 3. The fourth-order valence-electron chi connectivity index (χ4n) is 2.48. The summed E-state index contributed by atoms with van der Waals surface area (Å²) in [6, 6.07) is 8.42. The summed E-state index contributed by atoms with van der Waals surface area (Å²) in [7, 11) is 0. The van der Waals surface area contributed by atoms with Gasteiger partial charge in [0.1, 0.15) is 23.8 Å². The molecular weight excluding hydrogens is 320 g/mol. The quantitative estimate of drug-likeness (QED) is 0.463. The van der Waals surface area contributed by atoms with Gasteiger partial charge in [0, 0.05) is 0 Å². The number of nitrogens with zero attached hydrogens (tertiary/aromatic N) is 1. The summed E-state index contributed by atoms with van der Waals surface area (Å²) >= 11 is 1.28. The highest BCUT2D eigenvalue weighted by Crippen LogP contribution is 2.39. The molecule has 0 saturated carbocycles. The predicted molar refractivity (Wildman–Crippen MR) is 82.0 cm³/mol. The van der Waals surface area contributed by atoms with Gasteiger partial charge in [-0.2, -0.15) is 0 Å². The maximum atomic E-state index is 12.2. The third-order valence-corrected chi connectivity index (χ3v) is 4.87. The average molecular weight is 334 g/mol. The summed E-state index contributed by atoms with van der Waals surface area (Å²) < 4.78 is 5.18. The lowest BCUT2D eigenvalue weighted by Gasteiger charge is -2.48. The molecule has 8 heteroatoms. The van der Waals surface area contributed by atoms with Crippen LogP contribution in [0.2, 0.25) is 0 Å². The predicted octanol–water partition coefficient (Wildman–Crippen LogP) is 0.529. The first-order chi connectivity index (χ1) is 11.1. The number of rotatable bonds is 5.